The third-order valence-corrected chi connectivity index (χ3v) is 3.68. The molecule has 1 heterocycles. The second-order valence-corrected chi connectivity index (χ2v) is 4.79. The predicted octanol–water partition coefficient (Wildman–Crippen LogP) is 2.40. The van der Waals surface area contributed by atoms with Crippen molar-refractivity contribution < 1.29 is 23.1 Å². The van der Waals surface area contributed by atoms with E-state index >= 15 is 0 Å². The number of carbonyl (C=O) groups is 1. The first kappa shape index (κ1) is 14.6. The fourth-order valence-electron chi connectivity index (χ4n) is 2.75. The van der Waals surface area contributed by atoms with Crippen molar-refractivity contribution in [3.8, 4) is 0 Å². The lowest BCUT2D eigenvalue weighted by Gasteiger charge is -2.33. The first-order valence-corrected chi connectivity index (χ1v) is 6.00. The number of hydrogen-bond donors (Lipinski definition) is 1. The Morgan fingerprint density at radius 1 is 1.45 bits per heavy atom. The Hall–Kier alpha value is -1.82. The number of anilines is 1. The molecule has 1 aliphatic rings. The molecule has 0 bridgehead atoms. The largest absolute Gasteiger partial charge is 0.415 e. The van der Waals surface area contributed by atoms with Gasteiger partial charge in [-0.1, -0.05) is 24.3 Å². The summed E-state index contributed by atoms with van der Waals surface area (Å²) in [6.07, 6.45) is -6.72. The zero-order valence-corrected chi connectivity index (χ0v) is 10.8. The van der Waals surface area contributed by atoms with E-state index < -0.39 is 23.6 Å². The molecule has 0 radical (unpaired) electrons. The number of para-hydroxylation sites is 1. The van der Waals surface area contributed by atoms with Gasteiger partial charge in [0.05, 0.1) is 0 Å². The van der Waals surface area contributed by atoms with Gasteiger partial charge < -0.3 is 10.0 Å². The van der Waals surface area contributed by atoms with Crippen LogP contribution in [0.2, 0.25) is 0 Å². The molecule has 0 saturated carbocycles. The van der Waals surface area contributed by atoms with Crippen molar-refractivity contribution in [2.24, 2.45) is 0 Å². The third-order valence-electron chi connectivity index (χ3n) is 3.68. The Kier molecular flexibility index (Phi) is 3.37. The van der Waals surface area contributed by atoms with E-state index in [1.54, 1.807) is 18.2 Å². The Morgan fingerprint density at radius 3 is 2.60 bits per heavy atom. The number of likely N-dealkylation sites (N-methyl/N-ethyl adjacent to an activating group) is 1. The van der Waals surface area contributed by atoms with E-state index in [9.17, 15) is 23.1 Å². The fourth-order valence-corrected chi connectivity index (χ4v) is 2.75. The summed E-state index contributed by atoms with van der Waals surface area (Å²) in [5, 5.41) is 9.78. The Labute approximate surface area is 114 Å². The minimum atomic E-state index is -4.89. The van der Waals surface area contributed by atoms with Crippen molar-refractivity contribution in [2.45, 2.75) is 24.1 Å². The Bertz CT molecular complexity index is 556. The highest BCUT2D eigenvalue weighted by molar-refractivity contribution is 6.08. The molecule has 1 aromatic carbocycles. The second-order valence-electron chi connectivity index (χ2n) is 4.79. The number of hydrogen-bond acceptors (Lipinski definition) is 2. The minimum absolute atomic E-state index is 0.178. The van der Waals surface area contributed by atoms with Crippen molar-refractivity contribution in [1.29, 1.82) is 0 Å². The maximum absolute atomic E-state index is 13.0. The average Bonchev–Trinajstić information content (AvgIpc) is 2.61. The van der Waals surface area contributed by atoms with Crippen LogP contribution in [0.25, 0.3) is 0 Å². The normalized spacial score (nSPS) is 23.6. The molecule has 108 valence electrons. The van der Waals surface area contributed by atoms with Crippen LogP contribution < -0.4 is 4.90 Å². The topological polar surface area (TPSA) is 40.5 Å². The number of amides is 1. The summed E-state index contributed by atoms with van der Waals surface area (Å²) in [4.78, 5) is 13.5. The van der Waals surface area contributed by atoms with Crippen molar-refractivity contribution in [3.63, 3.8) is 0 Å². The van der Waals surface area contributed by atoms with Crippen LogP contribution in [-0.4, -0.2) is 30.3 Å². The first-order chi connectivity index (χ1) is 9.26. The van der Waals surface area contributed by atoms with E-state index in [1.807, 2.05) is 0 Å². The van der Waals surface area contributed by atoms with Crippen molar-refractivity contribution >= 4 is 11.6 Å². The van der Waals surface area contributed by atoms with Gasteiger partial charge in [0.25, 0.3) is 0 Å². The SMILES string of the molecule is C=CC[C@@]1([C@H](O)C(F)(F)F)C(=O)N(C)c2ccccc21. The lowest BCUT2D eigenvalue weighted by Crippen LogP contribution is -2.53. The first-order valence-electron chi connectivity index (χ1n) is 6.00. The molecule has 0 saturated heterocycles. The predicted molar refractivity (Wildman–Crippen MR) is 68.4 cm³/mol. The maximum atomic E-state index is 13.0. The van der Waals surface area contributed by atoms with Crippen LogP contribution >= 0.6 is 0 Å². The molecule has 2 atom stereocenters. The molecule has 20 heavy (non-hydrogen) atoms. The molecule has 0 spiro atoms. The summed E-state index contributed by atoms with van der Waals surface area (Å²) in [5.41, 5.74) is -1.49. The molecule has 1 aromatic rings. The van der Waals surface area contributed by atoms with Crippen molar-refractivity contribution in [1.82, 2.24) is 0 Å². The van der Waals surface area contributed by atoms with Gasteiger partial charge in [0.1, 0.15) is 5.41 Å². The molecule has 6 heteroatoms. The summed E-state index contributed by atoms with van der Waals surface area (Å²) in [6.45, 7) is 3.42. The number of aliphatic hydroxyl groups is 1. The summed E-state index contributed by atoms with van der Waals surface area (Å²) >= 11 is 0. The summed E-state index contributed by atoms with van der Waals surface area (Å²) in [6, 6.07) is 6.18. The number of aliphatic hydroxyl groups excluding tert-OH is 1. The molecule has 2 rings (SSSR count). The average molecular weight is 285 g/mol. The molecule has 3 nitrogen and oxygen atoms in total. The molecule has 0 fully saturated rings. The van der Waals surface area contributed by atoms with E-state index in [-0.39, 0.29) is 12.0 Å². The van der Waals surface area contributed by atoms with E-state index in [0.29, 0.717) is 5.69 Å². The quantitative estimate of drug-likeness (QED) is 0.866. The van der Waals surface area contributed by atoms with Crippen LogP contribution in [0.4, 0.5) is 18.9 Å². The van der Waals surface area contributed by atoms with Crippen LogP contribution in [-0.2, 0) is 10.2 Å². The van der Waals surface area contributed by atoms with Gasteiger partial charge in [-0.2, -0.15) is 13.2 Å². The molecule has 0 aromatic heterocycles. The van der Waals surface area contributed by atoms with Crippen LogP contribution in [0.5, 0.6) is 0 Å². The molecule has 1 amide bonds. The molecular weight excluding hydrogens is 271 g/mol. The van der Waals surface area contributed by atoms with Crippen LogP contribution in [0, 0.1) is 0 Å². The van der Waals surface area contributed by atoms with Gasteiger partial charge in [-0.25, -0.2) is 0 Å². The van der Waals surface area contributed by atoms with Crippen LogP contribution in [0.3, 0.4) is 0 Å². The summed E-state index contributed by atoms with van der Waals surface area (Å²) in [7, 11) is 1.40. The van der Waals surface area contributed by atoms with E-state index in [1.165, 1.54) is 19.2 Å². The molecule has 0 unspecified atom stereocenters. The Morgan fingerprint density at radius 2 is 2.05 bits per heavy atom. The highest BCUT2D eigenvalue weighted by Gasteiger charge is 2.61. The van der Waals surface area contributed by atoms with Gasteiger partial charge in [0, 0.05) is 12.7 Å². The fraction of sp³-hybridized carbons (Fsp3) is 0.357. The summed E-state index contributed by atoms with van der Waals surface area (Å²) < 4.78 is 39.0. The molecular formula is C14H14F3NO2. The third kappa shape index (κ3) is 1.83. The van der Waals surface area contributed by atoms with Gasteiger partial charge >= 0.3 is 6.18 Å². The van der Waals surface area contributed by atoms with E-state index in [0.717, 1.165) is 4.90 Å². The van der Waals surface area contributed by atoms with Crippen molar-refractivity contribution in [3.05, 3.63) is 42.5 Å². The number of allylic oxidation sites excluding steroid dienone is 1. The van der Waals surface area contributed by atoms with E-state index in [2.05, 4.69) is 6.58 Å². The number of benzene rings is 1. The zero-order valence-electron chi connectivity index (χ0n) is 10.8. The number of nitrogens with zero attached hydrogens (tertiary/aromatic N) is 1. The highest BCUT2D eigenvalue weighted by Crippen LogP contribution is 2.49. The standard InChI is InChI=1S/C14H14F3NO2/c1-3-8-13(11(19)14(15,16)17)9-6-4-5-7-10(9)18(2)12(13)20/h3-7,11,19H,1,8H2,2H3/t11-,13+/m0/s1. The van der Waals surface area contributed by atoms with Crippen LogP contribution in [0.15, 0.2) is 36.9 Å². The highest BCUT2D eigenvalue weighted by atomic mass is 19.4. The van der Waals surface area contributed by atoms with Crippen molar-refractivity contribution in [2.75, 3.05) is 11.9 Å². The maximum Gasteiger partial charge on any atom is 0.415 e. The number of halogens is 3. The molecule has 1 N–H and O–H groups in total. The summed E-state index contributed by atoms with van der Waals surface area (Å²) in [5.74, 6) is -0.775. The molecule has 0 aliphatic carbocycles. The zero-order chi connectivity index (χ0) is 15.1. The minimum Gasteiger partial charge on any atom is -0.382 e. The van der Waals surface area contributed by atoms with Gasteiger partial charge in [-0.15, -0.1) is 6.58 Å². The number of alkyl halides is 3. The van der Waals surface area contributed by atoms with Gasteiger partial charge in [-0.05, 0) is 18.1 Å². The van der Waals surface area contributed by atoms with Gasteiger partial charge in [0.15, 0.2) is 6.10 Å². The number of carbonyl (C=O) groups excluding carboxylic acids is 1. The number of fused-ring (bicyclic) bond motifs is 1. The Balaban J connectivity index is 2.70. The van der Waals surface area contributed by atoms with Gasteiger partial charge in [0.2, 0.25) is 5.91 Å². The smallest absolute Gasteiger partial charge is 0.382 e. The molecule has 1 aliphatic heterocycles. The lowest BCUT2D eigenvalue weighted by atomic mass is 9.73. The lowest BCUT2D eigenvalue weighted by molar-refractivity contribution is -0.223. The number of rotatable bonds is 3. The van der Waals surface area contributed by atoms with Crippen LogP contribution in [0.1, 0.15) is 12.0 Å². The van der Waals surface area contributed by atoms with E-state index in [4.69, 9.17) is 0 Å². The van der Waals surface area contributed by atoms with Gasteiger partial charge in [-0.3, -0.25) is 4.79 Å². The monoisotopic (exact) mass is 285 g/mol. The second kappa shape index (κ2) is 4.63.